The first-order valence-corrected chi connectivity index (χ1v) is 9.21. The fourth-order valence-corrected chi connectivity index (χ4v) is 3.33. The number of fused-ring (bicyclic) bond motifs is 1. The molecule has 2 aromatic heterocycles. The Morgan fingerprint density at radius 1 is 1.00 bits per heavy atom. The van der Waals surface area contributed by atoms with Crippen LogP contribution in [0, 0.1) is 0 Å². The predicted octanol–water partition coefficient (Wildman–Crippen LogP) is 3.31. The van der Waals surface area contributed by atoms with Crippen molar-refractivity contribution in [3.63, 3.8) is 0 Å². The van der Waals surface area contributed by atoms with E-state index in [1.54, 1.807) is 17.0 Å². The molecule has 0 atom stereocenters. The number of aromatic nitrogens is 4. The highest BCUT2D eigenvalue weighted by Gasteiger charge is 2.09. The smallest absolute Gasteiger partial charge is 0.276 e. The molecule has 0 amide bonds. The van der Waals surface area contributed by atoms with Crippen molar-refractivity contribution in [1.29, 1.82) is 0 Å². The van der Waals surface area contributed by atoms with Crippen LogP contribution >= 0.6 is 11.8 Å². The molecule has 0 fully saturated rings. The van der Waals surface area contributed by atoms with Gasteiger partial charge in [-0.05, 0) is 17.7 Å². The maximum Gasteiger partial charge on any atom is 0.276 e. The zero-order chi connectivity index (χ0) is 17.8. The predicted molar refractivity (Wildman–Crippen MR) is 100 cm³/mol. The van der Waals surface area contributed by atoms with Gasteiger partial charge in [-0.3, -0.25) is 9.36 Å². The van der Waals surface area contributed by atoms with Crippen LogP contribution in [-0.4, -0.2) is 19.7 Å². The zero-order valence-electron chi connectivity index (χ0n) is 13.9. The van der Waals surface area contributed by atoms with E-state index in [0.29, 0.717) is 35.0 Å². The Morgan fingerprint density at radius 3 is 2.69 bits per heavy atom. The molecular formula is C19H16N4O2S. The third-order valence-corrected chi connectivity index (χ3v) is 4.84. The van der Waals surface area contributed by atoms with Crippen LogP contribution in [-0.2, 0) is 18.7 Å². The van der Waals surface area contributed by atoms with E-state index < -0.39 is 0 Å². The van der Waals surface area contributed by atoms with Crippen molar-refractivity contribution in [3.05, 3.63) is 82.7 Å². The van der Waals surface area contributed by atoms with E-state index in [9.17, 15) is 4.79 Å². The highest BCUT2D eigenvalue weighted by Crippen LogP contribution is 2.21. The van der Waals surface area contributed by atoms with Gasteiger partial charge in [0.1, 0.15) is 0 Å². The molecule has 4 rings (SSSR count). The van der Waals surface area contributed by atoms with Gasteiger partial charge in [0.25, 0.3) is 10.8 Å². The fraction of sp³-hybridized carbons (Fsp3) is 0.158. The van der Waals surface area contributed by atoms with Crippen molar-refractivity contribution < 1.29 is 4.42 Å². The van der Waals surface area contributed by atoms with Gasteiger partial charge in [-0.25, -0.2) is 4.98 Å². The van der Waals surface area contributed by atoms with Crippen LogP contribution in [0.2, 0.25) is 0 Å². The van der Waals surface area contributed by atoms with Crippen molar-refractivity contribution in [1.82, 2.24) is 19.7 Å². The van der Waals surface area contributed by atoms with Crippen LogP contribution in [0.4, 0.5) is 0 Å². The van der Waals surface area contributed by atoms with Crippen LogP contribution in [0.3, 0.4) is 0 Å². The normalized spacial score (nSPS) is 11.1. The molecule has 0 spiro atoms. The second kappa shape index (κ2) is 7.53. The molecule has 0 aliphatic rings. The van der Waals surface area contributed by atoms with E-state index in [4.69, 9.17) is 4.42 Å². The number of para-hydroxylation sites is 1. The molecule has 0 N–H and O–H groups in total. The molecule has 0 aliphatic carbocycles. The maximum absolute atomic E-state index is 12.5. The number of benzene rings is 2. The van der Waals surface area contributed by atoms with Crippen molar-refractivity contribution in [2.24, 2.45) is 0 Å². The van der Waals surface area contributed by atoms with Gasteiger partial charge in [0.15, 0.2) is 0 Å². The number of hydrogen-bond acceptors (Lipinski definition) is 6. The van der Waals surface area contributed by atoms with E-state index >= 15 is 0 Å². The largest absolute Gasteiger partial charge is 0.416 e. The van der Waals surface area contributed by atoms with E-state index in [2.05, 4.69) is 27.3 Å². The molecule has 0 saturated carbocycles. The number of hydrogen-bond donors (Lipinski definition) is 0. The van der Waals surface area contributed by atoms with E-state index in [1.165, 1.54) is 17.3 Å². The summed E-state index contributed by atoms with van der Waals surface area (Å²) in [5.74, 6) is 1.29. The molecule has 0 unspecified atom stereocenters. The Balaban J connectivity index is 1.40. The van der Waals surface area contributed by atoms with E-state index in [0.717, 1.165) is 5.75 Å². The standard InChI is InChI=1S/C19H16N4O2S/c24-18-15-8-4-5-9-16(15)20-13-23(18)11-10-17-21-22-19(25-17)26-12-14-6-2-1-3-7-14/h1-9,13H,10-12H2. The molecule has 2 heterocycles. The average molecular weight is 364 g/mol. The molecule has 130 valence electrons. The quantitative estimate of drug-likeness (QED) is 0.489. The van der Waals surface area contributed by atoms with Gasteiger partial charge < -0.3 is 4.42 Å². The van der Waals surface area contributed by atoms with Gasteiger partial charge >= 0.3 is 0 Å². The van der Waals surface area contributed by atoms with Crippen molar-refractivity contribution in [2.45, 2.75) is 23.9 Å². The lowest BCUT2D eigenvalue weighted by Gasteiger charge is -2.04. The first kappa shape index (κ1) is 16.5. The van der Waals surface area contributed by atoms with Crippen LogP contribution in [0.1, 0.15) is 11.5 Å². The SMILES string of the molecule is O=c1c2ccccc2ncn1CCc1nnc(SCc2ccccc2)o1. The molecule has 0 aliphatic heterocycles. The Hall–Kier alpha value is -2.93. The third kappa shape index (κ3) is 3.67. The van der Waals surface area contributed by atoms with E-state index in [-0.39, 0.29) is 5.56 Å². The van der Waals surface area contributed by atoms with Gasteiger partial charge in [0.05, 0.1) is 17.2 Å². The summed E-state index contributed by atoms with van der Waals surface area (Å²) in [6.45, 7) is 0.446. The Morgan fingerprint density at radius 2 is 1.81 bits per heavy atom. The molecule has 26 heavy (non-hydrogen) atoms. The maximum atomic E-state index is 12.5. The van der Waals surface area contributed by atoms with Gasteiger partial charge in [-0.2, -0.15) is 0 Å². The Kier molecular flexibility index (Phi) is 4.79. The first-order chi connectivity index (χ1) is 12.8. The minimum atomic E-state index is -0.0613. The molecule has 0 radical (unpaired) electrons. The zero-order valence-corrected chi connectivity index (χ0v) is 14.7. The lowest BCUT2D eigenvalue weighted by atomic mass is 10.2. The fourth-order valence-electron chi connectivity index (χ4n) is 2.60. The number of aryl methyl sites for hydroxylation is 2. The second-order valence-electron chi connectivity index (χ2n) is 5.75. The lowest BCUT2D eigenvalue weighted by molar-refractivity contribution is 0.403. The summed E-state index contributed by atoms with van der Waals surface area (Å²) < 4.78 is 7.23. The summed E-state index contributed by atoms with van der Waals surface area (Å²) in [6.07, 6.45) is 2.05. The molecular weight excluding hydrogens is 348 g/mol. The Labute approximate surface area is 153 Å². The first-order valence-electron chi connectivity index (χ1n) is 8.23. The molecule has 4 aromatic rings. The summed E-state index contributed by atoms with van der Waals surface area (Å²) in [5.41, 5.74) is 1.84. The van der Waals surface area contributed by atoms with Crippen LogP contribution < -0.4 is 5.56 Å². The van der Waals surface area contributed by atoms with Gasteiger partial charge in [-0.1, -0.05) is 54.2 Å². The minimum absolute atomic E-state index is 0.0613. The van der Waals surface area contributed by atoms with Gasteiger partial charge in [0, 0.05) is 18.7 Å². The lowest BCUT2D eigenvalue weighted by Crippen LogP contribution is -2.21. The molecule has 2 aromatic carbocycles. The summed E-state index contributed by atoms with van der Waals surface area (Å²) in [6, 6.07) is 17.4. The molecule has 0 saturated heterocycles. The average Bonchev–Trinajstić information content (AvgIpc) is 3.15. The van der Waals surface area contributed by atoms with Gasteiger partial charge in [0.2, 0.25) is 5.89 Å². The third-order valence-electron chi connectivity index (χ3n) is 3.95. The van der Waals surface area contributed by atoms with Crippen LogP contribution in [0.5, 0.6) is 0 Å². The summed E-state index contributed by atoms with van der Waals surface area (Å²) in [5, 5.41) is 9.27. The van der Waals surface area contributed by atoms with Crippen LogP contribution in [0.15, 0.2) is 75.4 Å². The monoisotopic (exact) mass is 364 g/mol. The number of thioether (sulfide) groups is 1. The topological polar surface area (TPSA) is 73.8 Å². The summed E-state index contributed by atoms with van der Waals surface area (Å²) in [7, 11) is 0. The molecule has 7 heteroatoms. The highest BCUT2D eigenvalue weighted by atomic mass is 32.2. The highest BCUT2D eigenvalue weighted by molar-refractivity contribution is 7.98. The minimum Gasteiger partial charge on any atom is -0.416 e. The van der Waals surface area contributed by atoms with Crippen LogP contribution in [0.25, 0.3) is 10.9 Å². The van der Waals surface area contributed by atoms with Gasteiger partial charge in [-0.15, -0.1) is 10.2 Å². The summed E-state index contributed by atoms with van der Waals surface area (Å²) >= 11 is 1.50. The molecule has 6 nitrogen and oxygen atoms in total. The van der Waals surface area contributed by atoms with E-state index in [1.807, 2.05) is 36.4 Å². The second-order valence-corrected chi connectivity index (χ2v) is 6.67. The Bertz CT molecular complexity index is 1080. The van der Waals surface area contributed by atoms with Crippen molar-refractivity contribution in [2.75, 3.05) is 0 Å². The number of nitrogens with zero attached hydrogens (tertiary/aromatic N) is 4. The summed E-state index contributed by atoms with van der Waals surface area (Å²) in [4.78, 5) is 16.8. The van der Waals surface area contributed by atoms with Crippen molar-refractivity contribution in [3.8, 4) is 0 Å². The number of rotatable bonds is 6. The van der Waals surface area contributed by atoms with Crippen molar-refractivity contribution >= 4 is 22.7 Å². The molecule has 0 bridgehead atoms.